The zero-order valence-electron chi connectivity index (χ0n) is 12.3. The minimum Gasteiger partial charge on any atom is -0.383 e. The van der Waals surface area contributed by atoms with Crippen molar-refractivity contribution in [2.45, 2.75) is 24.8 Å². The van der Waals surface area contributed by atoms with E-state index in [-0.39, 0.29) is 5.91 Å². The molecular formula is C15H24N2O2S. The lowest BCUT2D eigenvalue weighted by Crippen LogP contribution is -2.25. The molecule has 0 aromatic heterocycles. The lowest BCUT2D eigenvalue weighted by atomic mass is 10.2. The molecule has 0 unspecified atom stereocenters. The number of ether oxygens (including phenoxy) is 1. The Kier molecular flexibility index (Phi) is 9.11. The summed E-state index contributed by atoms with van der Waals surface area (Å²) in [5.74, 6) is 0.577. The van der Waals surface area contributed by atoms with Gasteiger partial charge in [-0.15, -0.1) is 11.8 Å². The van der Waals surface area contributed by atoms with Crippen molar-refractivity contribution in [1.29, 1.82) is 0 Å². The minimum atomic E-state index is 0.0992. The quantitative estimate of drug-likeness (QED) is 0.512. The van der Waals surface area contributed by atoms with Gasteiger partial charge >= 0.3 is 0 Å². The maximum Gasteiger partial charge on any atom is 0.230 e. The maximum absolute atomic E-state index is 11.5. The molecule has 5 heteroatoms. The number of carbonyl (C=O) groups excluding carboxylic acids is 1. The third-order valence-electron chi connectivity index (χ3n) is 2.68. The Morgan fingerprint density at radius 1 is 1.25 bits per heavy atom. The standard InChI is InChI=1S/C15H24N2O2S/c1-3-8-17-15(18)12-20-14-6-4-13(5-7-14)11-16-9-10-19-2/h4-7,16H,3,8-12H2,1-2H3,(H,17,18). The van der Waals surface area contributed by atoms with Crippen molar-refractivity contribution >= 4 is 17.7 Å². The highest BCUT2D eigenvalue weighted by atomic mass is 32.2. The molecule has 0 saturated heterocycles. The van der Waals surface area contributed by atoms with Gasteiger partial charge in [0.1, 0.15) is 0 Å². The average molecular weight is 296 g/mol. The number of carbonyl (C=O) groups is 1. The highest BCUT2D eigenvalue weighted by Gasteiger charge is 2.02. The van der Waals surface area contributed by atoms with Crippen molar-refractivity contribution in [3.05, 3.63) is 29.8 Å². The molecule has 0 heterocycles. The first-order valence-electron chi connectivity index (χ1n) is 6.94. The molecule has 0 fully saturated rings. The molecule has 1 amide bonds. The highest BCUT2D eigenvalue weighted by Crippen LogP contribution is 2.18. The van der Waals surface area contributed by atoms with E-state index < -0.39 is 0 Å². The zero-order chi connectivity index (χ0) is 14.6. The van der Waals surface area contributed by atoms with Gasteiger partial charge in [-0.25, -0.2) is 0 Å². The van der Waals surface area contributed by atoms with E-state index >= 15 is 0 Å². The topological polar surface area (TPSA) is 50.4 Å². The molecule has 0 radical (unpaired) electrons. The van der Waals surface area contributed by atoms with E-state index in [2.05, 4.69) is 34.9 Å². The smallest absolute Gasteiger partial charge is 0.230 e. The molecule has 0 atom stereocenters. The number of hydrogen-bond donors (Lipinski definition) is 2. The number of methoxy groups -OCH3 is 1. The number of thioether (sulfide) groups is 1. The summed E-state index contributed by atoms with van der Waals surface area (Å²) < 4.78 is 4.98. The van der Waals surface area contributed by atoms with E-state index in [0.717, 1.165) is 37.6 Å². The lowest BCUT2D eigenvalue weighted by molar-refractivity contribution is -0.118. The molecule has 0 aliphatic rings. The van der Waals surface area contributed by atoms with Gasteiger partial charge in [-0.3, -0.25) is 4.79 Å². The fraction of sp³-hybridized carbons (Fsp3) is 0.533. The normalized spacial score (nSPS) is 10.5. The van der Waals surface area contributed by atoms with Crippen LogP contribution in [0.2, 0.25) is 0 Å². The Bertz CT molecular complexity index is 382. The molecule has 112 valence electrons. The Balaban J connectivity index is 2.26. The SMILES string of the molecule is CCCNC(=O)CSc1ccc(CNCCOC)cc1. The van der Waals surface area contributed by atoms with Gasteiger partial charge in [0.05, 0.1) is 12.4 Å². The van der Waals surface area contributed by atoms with E-state index in [1.807, 2.05) is 6.92 Å². The van der Waals surface area contributed by atoms with Crippen LogP contribution in [0, 0.1) is 0 Å². The van der Waals surface area contributed by atoms with Gasteiger partial charge in [0.15, 0.2) is 0 Å². The number of nitrogens with one attached hydrogen (secondary N) is 2. The molecule has 0 bridgehead atoms. The van der Waals surface area contributed by atoms with Crippen LogP contribution in [0.3, 0.4) is 0 Å². The first kappa shape index (κ1) is 17.0. The summed E-state index contributed by atoms with van der Waals surface area (Å²) in [6.45, 7) is 5.22. The molecule has 1 rings (SSSR count). The number of benzene rings is 1. The average Bonchev–Trinajstić information content (AvgIpc) is 2.48. The molecule has 2 N–H and O–H groups in total. The largest absolute Gasteiger partial charge is 0.383 e. The second kappa shape index (κ2) is 10.7. The molecular weight excluding hydrogens is 272 g/mol. The Hall–Kier alpha value is -1.04. The van der Waals surface area contributed by atoms with E-state index in [4.69, 9.17) is 4.74 Å². The third kappa shape index (κ3) is 7.53. The van der Waals surface area contributed by atoms with Gasteiger partial charge in [0.25, 0.3) is 0 Å². The lowest BCUT2D eigenvalue weighted by Gasteiger charge is -2.06. The molecule has 1 aromatic rings. The van der Waals surface area contributed by atoms with Crippen molar-refractivity contribution < 1.29 is 9.53 Å². The van der Waals surface area contributed by atoms with Crippen LogP contribution in [-0.2, 0) is 16.1 Å². The third-order valence-corrected chi connectivity index (χ3v) is 3.69. The van der Waals surface area contributed by atoms with Gasteiger partial charge in [0.2, 0.25) is 5.91 Å². The number of amides is 1. The Morgan fingerprint density at radius 3 is 2.65 bits per heavy atom. The second-order valence-electron chi connectivity index (χ2n) is 4.45. The van der Waals surface area contributed by atoms with Crippen molar-refractivity contribution in [2.24, 2.45) is 0 Å². The van der Waals surface area contributed by atoms with E-state index in [1.54, 1.807) is 18.9 Å². The van der Waals surface area contributed by atoms with Crippen LogP contribution < -0.4 is 10.6 Å². The Morgan fingerprint density at radius 2 is 2.00 bits per heavy atom. The molecule has 1 aromatic carbocycles. The van der Waals surface area contributed by atoms with Gasteiger partial charge in [-0.05, 0) is 24.1 Å². The van der Waals surface area contributed by atoms with Gasteiger partial charge < -0.3 is 15.4 Å². The van der Waals surface area contributed by atoms with E-state index in [9.17, 15) is 4.79 Å². The second-order valence-corrected chi connectivity index (χ2v) is 5.50. The monoisotopic (exact) mass is 296 g/mol. The minimum absolute atomic E-state index is 0.0992. The predicted molar refractivity (Wildman–Crippen MR) is 84.0 cm³/mol. The van der Waals surface area contributed by atoms with Crippen LogP contribution in [0.25, 0.3) is 0 Å². The van der Waals surface area contributed by atoms with Crippen molar-refractivity contribution in [1.82, 2.24) is 10.6 Å². The van der Waals surface area contributed by atoms with Crippen LogP contribution in [0.5, 0.6) is 0 Å². The number of hydrogen-bond acceptors (Lipinski definition) is 4. The summed E-state index contributed by atoms with van der Waals surface area (Å²) in [6, 6.07) is 8.30. The summed E-state index contributed by atoms with van der Waals surface area (Å²) in [5, 5.41) is 6.17. The zero-order valence-corrected chi connectivity index (χ0v) is 13.1. The van der Waals surface area contributed by atoms with Crippen LogP contribution >= 0.6 is 11.8 Å². The van der Waals surface area contributed by atoms with Crippen molar-refractivity contribution in [3.63, 3.8) is 0 Å². The van der Waals surface area contributed by atoms with Crippen LogP contribution in [0.4, 0.5) is 0 Å². The van der Waals surface area contributed by atoms with Gasteiger partial charge in [-0.1, -0.05) is 19.1 Å². The summed E-state index contributed by atoms with van der Waals surface area (Å²) in [4.78, 5) is 12.6. The molecule has 0 spiro atoms. The summed E-state index contributed by atoms with van der Waals surface area (Å²) in [5.41, 5.74) is 1.24. The predicted octanol–water partition coefficient (Wildman–Crippen LogP) is 2.04. The van der Waals surface area contributed by atoms with Crippen molar-refractivity contribution in [3.8, 4) is 0 Å². The highest BCUT2D eigenvalue weighted by molar-refractivity contribution is 8.00. The Labute approximate surface area is 125 Å². The van der Waals surface area contributed by atoms with Crippen LogP contribution in [0.1, 0.15) is 18.9 Å². The van der Waals surface area contributed by atoms with E-state index in [0.29, 0.717) is 5.75 Å². The summed E-state index contributed by atoms with van der Waals surface area (Å²) in [6.07, 6.45) is 0.973. The number of rotatable bonds is 10. The first-order valence-corrected chi connectivity index (χ1v) is 7.93. The van der Waals surface area contributed by atoms with Gasteiger partial charge in [-0.2, -0.15) is 0 Å². The van der Waals surface area contributed by atoms with E-state index in [1.165, 1.54) is 5.56 Å². The fourth-order valence-electron chi connectivity index (χ4n) is 1.57. The molecule has 0 aliphatic carbocycles. The molecule has 0 aliphatic heterocycles. The fourth-order valence-corrected chi connectivity index (χ4v) is 2.30. The molecule has 4 nitrogen and oxygen atoms in total. The van der Waals surface area contributed by atoms with Crippen LogP contribution in [-0.4, -0.2) is 38.5 Å². The van der Waals surface area contributed by atoms with Crippen molar-refractivity contribution in [2.75, 3.05) is 32.6 Å². The summed E-state index contributed by atoms with van der Waals surface area (Å²) >= 11 is 1.57. The first-order chi connectivity index (χ1) is 9.76. The summed E-state index contributed by atoms with van der Waals surface area (Å²) in [7, 11) is 1.70. The molecule has 0 saturated carbocycles. The maximum atomic E-state index is 11.5. The van der Waals surface area contributed by atoms with Gasteiger partial charge in [0, 0.05) is 31.6 Å². The van der Waals surface area contributed by atoms with Crippen LogP contribution in [0.15, 0.2) is 29.2 Å². The molecule has 20 heavy (non-hydrogen) atoms.